The summed E-state index contributed by atoms with van der Waals surface area (Å²) in [5.41, 5.74) is 10.4. The van der Waals surface area contributed by atoms with E-state index in [-0.39, 0.29) is 0 Å². The van der Waals surface area contributed by atoms with Gasteiger partial charge < -0.3 is 10.5 Å². The maximum absolute atomic E-state index is 6.18. The minimum Gasteiger partial charge on any atom is -0.494 e. The summed E-state index contributed by atoms with van der Waals surface area (Å²) in [7, 11) is 0. The van der Waals surface area contributed by atoms with Crippen LogP contribution in [0.5, 0.6) is 5.75 Å². The maximum atomic E-state index is 6.18. The van der Waals surface area contributed by atoms with Gasteiger partial charge in [-0.3, -0.25) is 4.90 Å². The molecule has 1 fully saturated rings. The molecule has 1 aliphatic heterocycles. The molecule has 2 N–H and O–H groups in total. The molecule has 4 rings (SSSR count). The molecule has 0 amide bonds. The number of rotatable bonds is 5. The molecular weight excluding hydrogens is 338 g/mol. The summed E-state index contributed by atoms with van der Waals surface area (Å²) in [5, 5.41) is 4.39. The van der Waals surface area contributed by atoms with E-state index < -0.39 is 0 Å². The van der Waals surface area contributed by atoms with Gasteiger partial charge in [-0.2, -0.15) is 9.61 Å². The molecule has 2 aromatic heterocycles. The third kappa shape index (κ3) is 3.90. The topological polar surface area (TPSA) is 68.7 Å². The van der Waals surface area contributed by atoms with Crippen LogP contribution < -0.4 is 10.5 Å². The van der Waals surface area contributed by atoms with E-state index in [9.17, 15) is 0 Å². The van der Waals surface area contributed by atoms with Crippen LogP contribution >= 0.6 is 0 Å². The molecule has 0 radical (unpaired) electrons. The Balaban J connectivity index is 1.38. The summed E-state index contributed by atoms with van der Waals surface area (Å²) in [6.07, 6.45) is 2.21. The van der Waals surface area contributed by atoms with Crippen LogP contribution in [0.15, 0.2) is 36.4 Å². The molecule has 6 heteroatoms. The summed E-state index contributed by atoms with van der Waals surface area (Å²) in [4.78, 5) is 7.32. The summed E-state index contributed by atoms with van der Waals surface area (Å²) in [5.74, 6) is 2.07. The van der Waals surface area contributed by atoms with Crippen molar-refractivity contribution in [2.24, 2.45) is 0 Å². The molecule has 0 bridgehead atoms. The van der Waals surface area contributed by atoms with Gasteiger partial charge >= 0.3 is 0 Å². The lowest BCUT2D eigenvalue weighted by atomic mass is 9.93. The fourth-order valence-corrected chi connectivity index (χ4v) is 3.84. The Morgan fingerprint density at radius 3 is 2.59 bits per heavy atom. The minimum atomic E-state index is 0.462. The molecule has 142 valence electrons. The van der Waals surface area contributed by atoms with Crippen molar-refractivity contribution in [3.8, 4) is 5.75 Å². The zero-order valence-electron chi connectivity index (χ0n) is 16.1. The fourth-order valence-electron chi connectivity index (χ4n) is 3.84. The van der Waals surface area contributed by atoms with E-state index in [1.54, 1.807) is 4.52 Å². The molecule has 3 heterocycles. The first-order chi connectivity index (χ1) is 13.1. The van der Waals surface area contributed by atoms with Gasteiger partial charge in [0.05, 0.1) is 12.3 Å². The highest BCUT2D eigenvalue weighted by Crippen LogP contribution is 2.29. The second-order valence-corrected chi connectivity index (χ2v) is 7.29. The van der Waals surface area contributed by atoms with Gasteiger partial charge in [-0.05, 0) is 57.5 Å². The lowest BCUT2D eigenvalue weighted by molar-refractivity contribution is 0.203. The number of nitrogens with zero attached hydrogens (tertiary/aromatic N) is 4. The Hall–Kier alpha value is -2.60. The van der Waals surface area contributed by atoms with Gasteiger partial charge in [0.1, 0.15) is 11.6 Å². The predicted octanol–water partition coefficient (Wildman–Crippen LogP) is 3.40. The Labute approximate surface area is 160 Å². The molecule has 0 saturated carbocycles. The number of benzene rings is 1. The second kappa shape index (κ2) is 7.56. The lowest BCUT2D eigenvalue weighted by Gasteiger charge is -2.31. The quantitative estimate of drug-likeness (QED) is 0.750. The van der Waals surface area contributed by atoms with Crippen LogP contribution in [0.2, 0.25) is 0 Å². The summed E-state index contributed by atoms with van der Waals surface area (Å²) in [6.45, 7) is 7.80. The standard InChI is InChI=1S/C21H27N5O/c1-3-27-18-6-4-16(5-7-18)14-25-10-8-17(9-11-25)19-13-20(22)26-21(23-19)12-15(2)24-26/h4-7,12-13,17H,3,8-11,14,22H2,1-2H3. The molecule has 1 aliphatic rings. The van der Waals surface area contributed by atoms with E-state index in [0.717, 1.165) is 55.3 Å². The molecule has 6 nitrogen and oxygen atoms in total. The highest BCUT2D eigenvalue weighted by Gasteiger charge is 2.23. The molecule has 3 aromatic rings. The van der Waals surface area contributed by atoms with Crippen molar-refractivity contribution in [3.05, 3.63) is 53.3 Å². The second-order valence-electron chi connectivity index (χ2n) is 7.29. The van der Waals surface area contributed by atoms with Crippen LogP contribution in [-0.2, 0) is 6.54 Å². The minimum absolute atomic E-state index is 0.462. The van der Waals surface area contributed by atoms with E-state index in [0.29, 0.717) is 18.3 Å². The van der Waals surface area contributed by atoms with E-state index in [2.05, 4.69) is 34.3 Å². The van der Waals surface area contributed by atoms with Crippen LogP contribution in [0.25, 0.3) is 5.65 Å². The average Bonchev–Trinajstić information content (AvgIpc) is 3.05. The first-order valence-corrected chi connectivity index (χ1v) is 9.69. The van der Waals surface area contributed by atoms with Crippen LogP contribution in [0.1, 0.15) is 42.6 Å². The van der Waals surface area contributed by atoms with Crippen LogP contribution in [0.3, 0.4) is 0 Å². The first kappa shape index (κ1) is 17.8. The number of aromatic nitrogens is 3. The maximum Gasteiger partial charge on any atom is 0.157 e. The molecular formula is C21H27N5O. The smallest absolute Gasteiger partial charge is 0.157 e. The van der Waals surface area contributed by atoms with Crippen molar-refractivity contribution in [1.29, 1.82) is 0 Å². The van der Waals surface area contributed by atoms with E-state index in [1.165, 1.54) is 5.56 Å². The Kier molecular flexibility index (Phi) is 4.99. The number of likely N-dealkylation sites (tertiary alicyclic amines) is 1. The number of piperidine rings is 1. The van der Waals surface area contributed by atoms with Gasteiger partial charge in [-0.15, -0.1) is 0 Å². The lowest BCUT2D eigenvalue weighted by Crippen LogP contribution is -2.32. The summed E-state index contributed by atoms with van der Waals surface area (Å²) >= 11 is 0. The number of nitrogen functional groups attached to an aromatic ring is 1. The summed E-state index contributed by atoms with van der Waals surface area (Å²) in [6, 6.07) is 12.4. The third-order valence-electron chi connectivity index (χ3n) is 5.24. The number of hydrogen-bond donors (Lipinski definition) is 1. The molecule has 0 spiro atoms. The van der Waals surface area contributed by atoms with E-state index in [4.69, 9.17) is 15.5 Å². The predicted molar refractivity (Wildman–Crippen MR) is 107 cm³/mol. The average molecular weight is 365 g/mol. The van der Waals surface area contributed by atoms with E-state index in [1.807, 2.05) is 26.0 Å². The van der Waals surface area contributed by atoms with Crippen molar-refractivity contribution in [1.82, 2.24) is 19.5 Å². The number of hydrogen-bond acceptors (Lipinski definition) is 5. The van der Waals surface area contributed by atoms with Crippen LogP contribution in [0.4, 0.5) is 5.82 Å². The molecule has 27 heavy (non-hydrogen) atoms. The summed E-state index contributed by atoms with van der Waals surface area (Å²) < 4.78 is 7.24. The van der Waals surface area contributed by atoms with Crippen molar-refractivity contribution in [2.75, 3.05) is 25.4 Å². The molecule has 0 unspecified atom stereocenters. The Bertz CT molecular complexity index is 910. The largest absolute Gasteiger partial charge is 0.494 e. The van der Waals surface area contributed by atoms with E-state index >= 15 is 0 Å². The number of aryl methyl sites for hydroxylation is 1. The molecule has 1 aromatic carbocycles. The highest BCUT2D eigenvalue weighted by atomic mass is 16.5. The number of anilines is 1. The van der Waals surface area contributed by atoms with Crippen molar-refractivity contribution in [2.45, 2.75) is 39.2 Å². The van der Waals surface area contributed by atoms with Crippen molar-refractivity contribution < 1.29 is 4.74 Å². The number of ether oxygens (including phenoxy) is 1. The zero-order chi connectivity index (χ0) is 18.8. The Morgan fingerprint density at radius 2 is 1.89 bits per heavy atom. The van der Waals surface area contributed by atoms with Crippen molar-refractivity contribution >= 4 is 11.5 Å². The van der Waals surface area contributed by atoms with Crippen LogP contribution in [-0.4, -0.2) is 39.2 Å². The zero-order valence-corrected chi connectivity index (χ0v) is 16.1. The van der Waals surface area contributed by atoms with Crippen LogP contribution in [0, 0.1) is 6.92 Å². The first-order valence-electron chi connectivity index (χ1n) is 9.69. The number of fused-ring (bicyclic) bond motifs is 1. The van der Waals surface area contributed by atoms with Gasteiger partial charge in [-0.1, -0.05) is 12.1 Å². The van der Waals surface area contributed by atoms with Gasteiger partial charge in [0.2, 0.25) is 0 Å². The third-order valence-corrected chi connectivity index (χ3v) is 5.24. The van der Waals surface area contributed by atoms with Crippen molar-refractivity contribution in [3.63, 3.8) is 0 Å². The fraction of sp³-hybridized carbons (Fsp3) is 0.429. The normalized spacial score (nSPS) is 16.1. The van der Waals surface area contributed by atoms with Gasteiger partial charge in [0.15, 0.2) is 5.65 Å². The van der Waals surface area contributed by atoms with Gasteiger partial charge in [-0.25, -0.2) is 4.98 Å². The molecule has 0 atom stereocenters. The monoisotopic (exact) mass is 365 g/mol. The molecule has 1 saturated heterocycles. The van der Waals surface area contributed by atoms with Gasteiger partial charge in [0.25, 0.3) is 0 Å². The van der Waals surface area contributed by atoms with Gasteiger partial charge in [0, 0.05) is 30.3 Å². The molecule has 0 aliphatic carbocycles. The Morgan fingerprint density at radius 1 is 1.15 bits per heavy atom. The number of nitrogens with two attached hydrogens (primary N) is 1. The SMILES string of the molecule is CCOc1ccc(CN2CCC(c3cc(N)n4nc(C)cc4n3)CC2)cc1. The highest BCUT2D eigenvalue weighted by molar-refractivity contribution is 5.48.